The summed E-state index contributed by atoms with van der Waals surface area (Å²) in [5, 5.41) is 10.7. The van der Waals surface area contributed by atoms with E-state index in [9.17, 15) is 27.2 Å². The zero-order chi connectivity index (χ0) is 27.7. The Bertz CT molecular complexity index is 1500. The number of carbonyl (C=O) groups excluding carboxylic acids is 2. The third-order valence-electron chi connectivity index (χ3n) is 4.67. The van der Waals surface area contributed by atoms with E-state index in [1.807, 2.05) is 0 Å². The number of benzene rings is 1. The Hall–Kier alpha value is -4.65. The number of alkyl halides is 3. The number of anilines is 2. The highest BCUT2D eigenvalue weighted by atomic mass is 19.4. The molecule has 0 radical (unpaired) electrons. The van der Waals surface area contributed by atoms with Crippen molar-refractivity contribution in [3.63, 3.8) is 0 Å². The quantitative estimate of drug-likeness (QED) is 0.403. The Morgan fingerprint density at radius 3 is 2.38 bits per heavy atom. The van der Waals surface area contributed by atoms with Gasteiger partial charge >= 0.3 is 18.2 Å². The number of nitrogens with zero attached hydrogens (tertiary/aromatic N) is 5. The molecular weight excluding hydrogens is 496 g/mol. The molecular formula is C24H20F4N6O3. The minimum absolute atomic E-state index is 0.0203. The van der Waals surface area contributed by atoms with Crippen LogP contribution in [-0.4, -0.2) is 45.4 Å². The number of hydrogen-bond acceptors (Lipinski definition) is 6. The number of aromatic nitrogens is 3. The SMILES string of the molecule is CN(C(=O)OC(C)(C)C)c1nc(NC(=O)C(F)(F)F)c(C#Cc2cc(F)cc(C#N)c2)c2c1ncn2C. The molecule has 2 amide bonds. The average Bonchev–Trinajstić information content (AvgIpc) is 3.16. The number of nitrogens with one attached hydrogen (secondary N) is 1. The van der Waals surface area contributed by atoms with E-state index in [-0.39, 0.29) is 33.5 Å². The number of aryl methyl sites for hydroxylation is 1. The van der Waals surface area contributed by atoms with Crippen LogP contribution >= 0.6 is 0 Å². The largest absolute Gasteiger partial charge is 0.471 e. The molecule has 3 aromatic rings. The van der Waals surface area contributed by atoms with Crippen molar-refractivity contribution in [1.29, 1.82) is 5.26 Å². The molecule has 2 aromatic heterocycles. The van der Waals surface area contributed by atoms with Gasteiger partial charge in [0.15, 0.2) is 11.6 Å². The molecule has 0 aliphatic carbocycles. The maximum Gasteiger partial charge on any atom is 0.471 e. The van der Waals surface area contributed by atoms with E-state index in [0.29, 0.717) is 0 Å². The molecule has 13 heteroatoms. The van der Waals surface area contributed by atoms with Crippen LogP contribution in [-0.2, 0) is 16.6 Å². The molecule has 0 fully saturated rings. The van der Waals surface area contributed by atoms with Crippen LogP contribution in [0.15, 0.2) is 24.5 Å². The van der Waals surface area contributed by atoms with E-state index in [1.54, 1.807) is 32.2 Å². The van der Waals surface area contributed by atoms with Crippen LogP contribution < -0.4 is 10.2 Å². The van der Waals surface area contributed by atoms with Crippen molar-refractivity contribution in [2.75, 3.05) is 17.3 Å². The molecule has 3 rings (SSSR count). The number of ether oxygens (including phenoxy) is 1. The number of imidazole rings is 1. The van der Waals surface area contributed by atoms with Crippen molar-refractivity contribution in [3.05, 3.63) is 47.0 Å². The molecule has 2 heterocycles. The highest BCUT2D eigenvalue weighted by Gasteiger charge is 2.40. The molecule has 0 aliphatic rings. The lowest BCUT2D eigenvalue weighted by atomic mass is 10.1. The van der Waals surface area contributed by atoms with Gasteiger partial charge in [0, 0.05) is 19.7 Å². The van der Waals surface area contributed by atoms with Gasteiger partial charge < -0.3 is 14.6 Å². The maximum absolute atomic E-state index is 13.8. The topological polar surface area (TPSA) is 113 Å². The van der Waals surface area contributed by atoms with Gasteiger partial charge in [0.25, 0.3) is 0 Å². The minimum Gasteiger partial charge on any atom is -0.443 e. The van der Waals surface area contributed by atoms with Crippen LogP contribution in [0.2, 0.25) is 0 Å². The lowest BCUT2D eigenvalue weighted by Crippen LogP contribution is -2.35. The van der Waals surface area contributed by atoms with E-state index >= 15 is 0 Å². The Labute approximate surface area is 208 Å². The van der Waals surface area contributed by atoms with Crippen LogP contribution in [0, 0.1) is 29.0 Å². The molecule has 192 valence electrons. The van der Waals surface area contributed by atoms with Gasteiger partial charge in [-0.05, 0) is 39.0 Å². The van der Waals surface area contributed by atoms with Crippen LogP contribution in [0.3, 0.4) is 0 Å². The number of fused-ring (bicyclic) bond motifs is 1. The van der Waals surface area contributed by atoms with Gasteiger partial charge in [0.2, 0.25) is 0 Å². The number of halogens is 4. The van der Waals surface area contributed by atoms with E-state index in [2.05, 4.69) is 21.8 Å². The summed E-state index contributed by atoms with van der Waals surface area (Å²) in [6.07, 6.45) is -4.81. The van der Waals surface area contributed by atoms with E-state index in [4.69, 9.17) is 10.00 Å². The highest BCUT2D eigenvalue weighted by Crippen LogP contribution is 2.32. The first-order chi connectivity index (χ1) is 17.1. The number of pyridine rings is 1. The van der Waals surface area contributed by atoms with Gasteiger partial charge in [0.1, 0.15) is 16.9 Å². The molecule has 0 aliphatic heterocycles. The fraction of sp³-hybridized carbons (Fsp3) is 0.292. The average molecular weight is 516 g/mol. The number of nitriles is 1. The monoisotopic (exact) mass is 516 g/mol. The van der Waals surface area contributed by atoms with Gasteiger partial charge in [-0.15, -0.1) is 0 Å². The lowest BCUT2D eigenvalue weighted by Gasteiger charge is -2.24. The smallest absolute Gasteiger partial charge is 0.443 e. The fourth-order valence-electron chi connectivity index (χ4n) is 3.11. The van der Waals surface area contributed by atoms with Gasteiger partial charge in [0.05, 0.1) is 29.0 Å². The van der Waals surface area contributed by atoms with Crippen molar-refractivity contribution in [3.8, 4) is 17.9 Å². The predicted octanol–water partition coefficient (Wildman–Crippen LogP) is 4.25. The molecule has 1 N–H and O–H groups in total. The predicted molar refractivity (Wildman–Crippen MR) is 125 cm³/mol. The van der Waals surface area contributed by atoms with Gasteiger partial charge in [-0.3, -0.25) is 9.69 Å². The van der Waals surface area contributed by atoms with Crippen molar-refractivity contribution < 1.29 is 31.9 Å². The lowest BCUT2D eigenvalue weighted by molar-refractivity contribution is -0.167. The third kappa shape index (κ3) is 6.13. The first-order valence-corrected chi connectivity index (χ1v) is 10.5. The molecule has 37 heavy (non-hydrogen) atoms. The van der Waals surface area contributed by atoms with Crippen LogP contribution in [0.25, 0.3) is 11.0 Å². The minimum atomic E-state index is -5.25. The number of carbonyl (C=O) groups is 2. The second-order valence-corrected chi connectivity index (χ2v) is 8.79. The Morgan fingerprint density at radius 2 is 1.78 bits per heavy atom. The van der Waals surface area contributed by atoms with Crippen molar-refractivity contribution >= 4 is 34.7 Å². The Morgan fingerprint density at radius 1 is 1.14 bits per heavy atom. The summed E-state index contributed by atoms with van der Waals surface area (Å²) < 4.78 is 59.9. The maximum atomic E-state index is 13.8. The summed E-state index contributed by atoms with van der Waals surface area (Å²) in [5.74, 6) is 1.29. The van der Waals surface area contributed by atoms with Crippen molar-refractivity contribution in [1.82, 2.24) is 14.5 Å². The zero-order valence-corrected chi connectivity index (χ0v) is 20.3. The molecule has 0 unspecified atom stereocenters. The normalized spacial score (nSPS) is 11.4. The molecule has 1 aromatic carbocycles. The summed E-state index contributed by atoms with van der Waals surface area (Å²) in [4.78, 5) is 33.7. The van der Waals surface area contributed by atoms with Crippen molar-refractivity contribution in [2.24, 2.45) is 7.05 Å². The summed E-state index contributed by atoms with van der Waals surface area (Å²) in [7, 11) is 2.80. The highest BCUT2D eigenvalue weighted by molar-refractivity contribution is 6.03. The zero-order valence-electron chi connectivity index (χ0n) is 20.3. The van der Waals surface area contributed by atoms with Crippen LogP contribution in [0.5, 0.6) is 0 Å². The molecule has 0 spiro atoms. The van der Waals surface area contributed by atoms with Gasteiger partial charge in [-0.25, -0.2) is 19.2 Å². The summed E-state index contributed by atoms with van der Waals surface area (Å²) >= 11 is 0. The second kappa shape index (κ2) is 9.78. The molecule has 9 nitrogen and oxygen atoms in total. The third-order valence-corrected chi connectivity index (χ3v) is 4.67. The van der Waals surface area contributed by atoms with Gasteiger partial charge in [-0.1, -0.05) is 11.8 Å². The van der Waals surface area contributed by atoms with Crippen molar-refractivity contribution in [2.45, 2.75) is 32.5 Å². The van der Waals surface area contributed by atoms with Crippen LogP contribution in [0.4, 0.5) is 34.0 Å². The molecule has 0 saturated carbocycles. The summed E-state index contributed by atoms with van der Waals surface area (Å²) in [6, 6.07) is 5.07. The molecule has 0 saturated heterocycles. The number of hydrogen-bond donors (Lipinski definition) is 1. The Balaban J connectivity index is 2.27. The molecule has 0 atom stereocenters. The number of rotatable bonds is 2. The standard InChI is InChI=1S/C24H20F4N6O3/c1-23(2,3)37-22(36)34(5)20-17-18(33(4)12-30-17)16(19(31-20)32-21(35)24(26,27)28)7-6-13-8-14(11-29)10-15(25)9-13/h8-10,12H,1-5H3,(H,31,32,35). The summed E-state index contributed by atoms with van der Waals surface area (Å²) in [6.45, 7) is 4.88. The van der Waals surface area contributed by atoms with E-state index in [0.717, 1.165) is 17.0 Å². The van der Waals surface area contributed by atoms with E-state index < -0.39 is 35.4 Å². The second-order valence-electron chi connectivity index (χ2n) is 8.79. The van der Waals surface area contributed by atoms with Gasteiger partial charge in [-0.2, -0.15) is 18.4 Å². The van der Waals surface area contributed by atoms with E-state index in [1.165, 1.54) is 31.1 Å². The Kier molecular flexibility index (Phi) is 7.12. The fourth-order valence-corrected chi connectivity index (χ4v) is 3.11. The first-order valence-electron chi connectivity index (χ1n) is 10.5. The summed E-state index contributed by atoms with van der Waals surface area (Å²) in [5.41, 5.74) is -0.843. The first kappa shape index (κ1) is 26.9. The molecule has 0 bridgehead atoms. The number of amides is 2. The van der Waals surface area contributed by atoms with Crippen LogP contribution in [0.1, 0.15) is 37.5 Å².